The van der Waals surface area contributed by atoms with Crippen LogP contribution in [0.4, 0.5) is 0 Å². The molecule has 3 nitrogen and oxygen atoms in total. The van der Waals surface area contributed by atoms with Gasteiger partial charge in [0.1, 0.15) is 0 Å². The number of rotatable bonds is 0. The molecular formula is C11H9ClN2O. The summed E-state index contributed by atoms with van der Waals surface area (Å²) in [6.45, 7) is 0. The molecule has 0 saturated carbocycles. The highest BCUT2D eigenvalue weighted by Crippen LogP contribution is 2.31. The smallest absolute Gasteiger partial charge is 0.255 e. The van der Waals surface area contributed by atoms with Gasteiger partial charge < -0.3 is 5.32 Å². The Morgan fingerprint density at radius 1 is 1.27 bits per heavy atom. The first-order chi connectivity index (χ1) is 6.86. The predicted molar refractivity (Wildman–Crippen MR) is 60.5 cm³/mol. The van der Waals surface area contributed by atoms with E-state index < -0.39 is 0 Å². The Kier molecular flexibility index (Phi) is 2.32. The zero-order chi connectivity index (χ0) is 9.54. The van der Waals surface area contributed by atoms with Gasteiger partial charge in [-0.2, -0.15) is 0 Å². The van der Waals surface area contributed by atoms with E-state index in [2.05, 4.69) is 10.3 Å². The van der Waals surface area contributed by atoms with Crippen molar-refractivity contribution in [2.75, 3.05) is 0 Å². The van der Waals surface area contributed by atoms with Crippen molar-refractivity contribution in [2.45, 2.75) is 5.92 Å². The molecule has 1 aromatic rings. The average Bonchev–Trinajstić information content (AvgIpc) is 2.66. The fourth-order valence-electron chi connectivity index (χ4n) is 1.90. The third-order valence-electron chi connectivity index (χ3n) is 2.58. The summed E-state index contributed by atoms with van der Waals surface area (Å²) in [6, 6.07) is 7.64. The first-order valence-electron chi connectivity index (χ1n) is 4.50. The zero-order valence-corrected chi connectivity index (χ0v) is 8.62. The Bertz CT molecular complexity index is 479. The zero-order valence-electron chi connectivity index (χ0n) is 7.81. The number of hydrogen-bond donors (Lipinski definition) is 1. The molecular weight excluding hydrogens is 212 g/mol. The second-order valence-corrected chi connectivity index (χ2v) is 3.40. The molecule has 1 aromatic carbocycles. The van der Waals surface area contributed by atoms with Gasteiger partial charge in [0.15, 0.2) is 0 Å². The van der Waals surface area contributed by atoms with Crippen LogP contribution in [0.1, 0.15) is 21.8 Å². The standard InChI is InChI=1S/C11H8N2O.ClH/c14-11-8-4-2-1-3-7(8)9-5-12-6-10(9)13-11;/h1-6,9H,(H,13,14);1H. The summed E-state index contributed by atoms with van der Waals surface area (Å²) in [5, 5.41) is 2.83. The Labute approximate surface area is 93.3 Å². The van der Waals surface area contributed by atoms with Gasteiger partial charge in [0.25, 0.3) is 5.91 Å². The Balaban J connectivity index is 0.000000853. The van der Waals surface area contributed by atoms with Crippen LogP contribution in [-0.4, -0.2) is 12.1 Å². The van der Waals surface area contributed by atoms with Crippen LogP contribution in [0, 0.1) is 0 Å². The first kappa shape index (κ1) is 9.93. The number of aliphatic imine (C=N–C) groups is 1. The van der Waals surface area contributed by atoms with Gasteiger partial charge in [0.05, 0.1) is 5.92 Å². The van der Waals surface area contributed by atoms with Gasteiger partial charge >= 0.3 is 0 Å². The van der Waals surface area contributed by atoms with Crippen LogP contribution < -0.4 is 5.32 Å². The molecule has 4 heteroatoms. The summed E-state index contributed by atoms with van der Waals surface area (Å²) in [5.74, 6) is 0.109. The van der Waals surface area contributed by atoms with E-state index in [0.29, 0.717) is 0 Å². The van der Waals surface area contributed by atoms with Crippen LogP contribution >= 0.6 is 12.4 Å². The SMILES string of the molecule is Cl.O=C1NC2=CN=CC2c2ccccc21. The predicted octanol–water partition coefficient (Wildman–Crippen LogP) is 1.86. The van der Waals surface area contributed by atoms with Crippen LogP contribution in [0.2, 0.25) is 0 Å². The van der Waals surface area contributed by atoms with Crippen molar-refractivity contribution in [3.8, 4) is 0 Å². The van der Waals surface area contributed by atoms with Gasteiger partial charge in [-0.3, -0.25) is 9.79 Å². The van der Waals surface area contributed by atoms with Crippen LogP contribution in [0.5, 0.6) is 0 Å². The van der Waals surface area contributed by atoms with Gasteiger partial charge in [-0.05, 0) is 11.6 Å². The molecule has 15 heavy (non-hydrogen) atoms. The normalized spacial score (nSPS) is 20.9. The molecule has 1 atom stereocenters. The molecule has 1 unspecified atom stereocenters. The number of amides is 1. The van der Waals surface area contributed by atoms with Gasteiger partial charge in [-0.25, -0.2) is 0 Å². The number of hydrogen-bond acceptors (Lipinski definition) is 2. The van der Waals surface area contributed by atoms with Gasteiger partial charge in [-0.15, -0.1) is 12.4 Å². The molecule has 0 saturated heterocycles. The minimum atomic E-state index is -0.0337. The highest BCUT2D eigenvalue weighted by Gasteiger charge is 2.29. The van der Waals surface area contributed by atoms with Gasteiger partial charge in [0, 0.05) is 23.7 Å². The third kappa shape index (κ3) is 1.36. The van der Waals surface area contributed by atoms with Gasteiger partial charge in [0.2, 0.25) is 0 Å². The van der Waals surface area contributed by atoms with Crippen molar-refractivity contribution >= 4 is 24.5 Å². The third-order valence-corrected chi connectivity index (χ3v) is 2.58. The first-order valence-corrected chi connectivity index (χ1v) is 4.50. The van der Waals surface area contributed by atoms with E-state index in [-0.39, 0.29) is 24.2 Å². The number of carbonyl (C=O) groups is 1. The minimum absolute atomic E-state index is 0. The molecule has 1 N–H and O–H groups in total. The fraction of sp³-hybridized carbons (Fsp3) is 0.0909. The molecule has 0 radical (unpaired) electrons. The topological polar surface area (TPSA) is 41.5 Å². The number of allylic oxidation sites excluding steroid dienone is 1. The van der Waals surface area contributed by atoms with E-state index in [1.54, 1.807) is 6.20 Å². The molecule has 3 rings (SSSR count). The number of nitrogens with one attached hydrogen (secondary N) is 1. The molecule has 76 valence electrons. The van der Waals surface area contributed by atoms with Gasteiger partial charge in [-0.1, -0.05) is 18.2 Å². The number of halogens is 1. The molecule has 0 spiro atoms. The second kappa shape index (κ2) is 3.51. The highest BCUT2D eigenvalue weighted by atomic mass is 35.5. The lowest BCUT2D eigenvalue weighted by atomic mass is 9.90. The lowest BCUT2D eigenvalue weighted by Gasteiger charge is -2.22. The van der Waals surface area contributed by atoms with Crippen molar-refractivity contribution in [3.05, 3.63) is 47.3 Å². The Morgan fingerprint density at radius 3 is 2.93 bits per heavy atom. The van der Waals surface area contributed by atoms with E-state index in [1.807, 2.05) is 30.5 Å². The highest BCUT2D eigenvalue weighted by molar-refractivity contribution is 6.01. The Morgan fingerprint density at radius 2 is 2.07 bits per heavy atom. The maximum Gasteiger partial charge on any atom is 0.255 e. The lowest BCUT2D eigenvalue weighted by Crippen LogP contribution is -2.32. The van der Waals surface area contributed by atoms with E-state index in [1.165, 1.54) is 0 Å². The van der Waals surface area contributed by atoms with Crippen molar-refractivity contribution < 1.29 is 4.79 Å². The number of fused-ring (bicyclic) bond motifs is 3. The van der Waals surface area contributed by atoms with Crippen LogP contribution in [0.15, 0.2) is 41.2 Å². The van der Waals surface area contributed by atoms with Crippen molar-refractivity contribution in [2.24, 2.45) is 4.99 Å². The summed E-state index contributed by atoms with van der Waals surface area (Å²) < 4.78 is 0. The van der Waals surface area contributed by atoms with Crippen LogP contribution in [0.25, 0.3) is 0 Å². The molecule has 0 fully saturated rings. The lowest BCUT2D eigenvalue weighted by molar-refractivity contribution is 0.0958. The largest absolute Gasteiger partial charge is 0.323 e. The molecule has 0 aromatic heterocycles. The Hall–Kier alpha value is -1.61. The summed E-state index contributed by atoms with van der Waals surface area (Å²) in [5.41, 5.74) is 2.68. The van der Waals surface area contributed by atoms with E-state index in [4.69, 9.17) is 0 Å². The molecule has 2 aliphatic rings. The summed E-state index contributed by atoms with van der Waals surface area (Å²) in [4.78, 5) is 15.7. The van der Waals surface area contributed by atoms with E-state index in [9.17, 15) is 4.79 Å². The number of nitrogens with zero attached hydrogens (tertiary/aromatic N) is 1. The number of carbonyl (C=O) groups excluding carboxylic acids is 1. The van der Waals surface area contributed by atoms with Crippen LogP contribution in [-0.2, 0) is 0 Å². The minimum Gasteiger partial charge on any atom is -0.323 e. The van der Waals surface area contributed by atoms with Crippen molar-refractivity contribution in [1.29, 1.82) is 0 Å². The van der Waals surface area contributed by atoms with Crippen molar-refractivity contribution in [1.82, 2.24) is 5.32 Å². The number of benzene rings is 1. The quantitative estimate of drug-likeness (QED) is 0.713. The molecule has 2 aliphatic heterocycles. The summed E-state index contributed by atoms with van der Waals surface area (Å²) in [7, 11) is 0. The second-order valence-electron chi connectivity index (χ2n) is 3.40. The fourth-order valence-corrected chi connectivity index (χ4v) is 1.90. The summed E-state index contributed by atoms with van der Waals surface area (Å²) >= 11 is 0. The van der Waals surface area contributed by atoms with Crippen molar-refractivity contribution in [3.63, 3.8) is 0 Å². The molecule has 1 amide bonds. The van der Waals surface area contributed by atoms with E-state index >= 15 is 0 Å². The molecule has 2 heterocycles. The maximum absolute atomic E-state index is 11.6. The van der Waals surface area contributed by atoms with Crippen LogP contribution in [0.3, 0.4) is 0 Å². The molecule has 0 bridgehead atoms. The summed E-state index contributed by atoms with van der Waals surface area (Å²) in [6.07, 6.45) is 3.56. The average molecular weight is 221 g/mol. The van der Waals surface area contributed by atoms with E-state index in [0.717, 1.165) is 16.8 Å². The maximum atomic E-state index is 11.6. The molecule has 0 aliphatic carbocycles. The monoisotopic (exact) mass is 220 g/mol.